The van der Waals surface area contributed by atoms with Gasteiger partial charge in [0.1, 0.15) is 5.82 Å². The normalized spacial score (nSPS) is 12.0. The Bertz CT molecular complexity index is 459. The lowest BCUT2D eigenvalue weighted by Gasteiger charge is -2.17. The number of ketones is 1. The first-order chi connectivity index (χ1) is 10.1. The minimum absolute atomic E-state index is 0.130. The lowest BCUT2D eigenvalue weighted by molar-refractivity contribution is -0.140. The Kier molecular flexibility index (Phi) is 7.61. The topological polar surface area (TPSA) is 55.4 Å². The molecule has 0 aromatic heterocycles. The van der Waals surface area contributed by atoms with E-state index in [0.717, 1.165) is 12.8 Å². The summed E-state index contributed by atoms with van der Waals surface area (Å²) in [5.41, 5.74) is 0.440. The molecule has 0 aliphatic carbocycles. The maximum Gasteiger partial charge on any atom is 0.305 e. The lowest BCUT2D eigenvalue weighted by Crippen LogP contribution is -2.38. The van der Waals surface area contributed by atoms with Crippen LogP contribution in [-0.4, -0.2) is 31.4 Å². The second-order valence-electron chi connectivity index (χ2n) is 4.85. The van der Waals surface area contributed by atoms with Crippen LogP contribution in [0.25, 0.3) is 0 Å². The van der Waals surface area contributed by atoms with Crippen molar-refractivity contribution in [2.24, 2.45) is 0 Å². The summed E-state index contributed by atoms with van der Waals surface area (Å²) in [6.07, 6.45) is 2.51. The van der Waals surface area contributed by atoms with E-state index >= 15 is 0 Å². The maximum absolute atomic E-state index is 12.9. The van der Waals surface area contributed by atoms with Crippen LogP contribution in [0.1, 0.15) is 43.0 Å². The Morgan fingerprint density at radius 1 is 1.29 bits per heavy atom. The SMILES string of the molecule is CCCCNC(CCC(=O)OC)C(=O)c1ccc(F)cc1. The van der Waals surface area contributed by atoms with Crippen LogP contribution in [-0.2, 0) is 9.53 Å². The summed E-state index contributed by atoms with van der Waals surface area (Å²) in [5, 5.41) is 3.16. The largest absolute Gasteiger partial charge is 0.469 e. The van der Waals surface area contributed by atoms with Crippen LogP contribution in [0.2, 0.25) is 0 Å². The molecule has 0 saturated heterocycles. The molecular weight excluding hydrogens is 273 g/mol. The van der Waals surface area contributed by atoms with Crippen LogP contribution in [0.3, 0.4) is 0 Å². The summed E-state index contributed by atoms with van der Waals surface area (Å²) in [6, 6.07) is 4.99. The highest BCUT2D eigenvalue weighted by atomic mass is 19.1. The predicted molar refractivity (Wildman–Crippen MR) is 78.7 cm³/mol. The molecule has 116 valence electrons. The summed E-state index contributed by atoms with van der Waals surface area (Å²) in [7, 11) is 1.32. The third-order valence-corrected chi connectivity index (χ3v) is 3.23. The van der Waals surface area contributed by atoms with Crippen molar-refractivity contribution in [3.63, 3.8) is 0 Å². The molecule has 1 aromatic rings. The number of unbranched alkanes of at least 4 members (excludes halogenated alkanes) is 1. The van der Waals surface area contributed by atoms with Gasteiger partial charge in [-0.05, 0) is 43.7 Å². The van der Waals surface area contributed by atoms with Gasteiger partial charge in [0.05, 0.1) is 13.2 Å². The maximum atomic E-state index is 12.9. The van der Waals surface area contributed by atoms with Gasteiger partial charge in [-0.3, -0.25) is 9.59 Å². The molecule has 0 fully saturated rings. The molecule has 1 aromatic carbocycles. The van der Waals surface area contributed by atoms with Gasteiger partial charge in [-0.1, -0.05) is 13.3 Å². The molecule has 0 spiro atoms. The molecule has 1 unspecified atom stereocenters. The van der Waals surface area contributed by atoms with Gasteiger partial charge in [-0.2, -0.15) is 0 Å². The van der Waals surface area contributed by atoms with Crippen LogP contribution in [0.15, 0.2) is 24.3 Å². The molecule has 1 rings (SSSR count). The number of nitrogens with one attached hydrogen (secondary N) is 1. The highest BCUT2D eigenvalue weighted by Gasteiger charge is 2.20. The minimum Gasteiger partial charge on any atom is -0.469 e. The van der Waals surface area contributed by atoms with Crippen LogP contribution in [0.5, 0.6) is 0 Å². The number of hydrogen-bond donors (Lipinski definition) is 1. The molecule has 0 aliphatic heterocycles. The Labute approximate surface area is 124 Å². The van der Waals surface area contributed by atoms with Crippen molar-refractivity contribution in [2.75, 3.05) is 13.7 Å². The Balaban J connectivity index is 2.70. The van der Waals surface area contributed by atoms with Crippen LogP contribution in [0, 0.1) is 5.82 Å². The van der Waals surface area contributed by atoms with Crippen molar-refractivity contribution >= 4 is 11.8 Å². The number of esters is 1. The molecule has 0 saturated carbocycles. The monoisotopic (exact) mass is 295 g/mol. The first kappa shape index (κ1) is 17.3. The predicted octanol–water partition coefficient (Wildman–Crippen LogP) is 2.72. The van der Waals surface area contributed by atoms with E-state index in [0.29, 0.717) is 18.5 Å². The minimum atomic E-state index is -0.457. The quantitative estimate of drug-likeness (QED) is 0.432. The molecule has 0 aliphatic rings. The molecule has 0 heterocycles. The first-order valence-electron chi connectivity index (χ1n) is 7.18. The van der Waals surface area contributed by atoms with Gasteiger partial charge in [0.25, 0.3) is 0 Å². The van der Waals surface area contributed by atoms with E-state index in [1.165, 1.54) is 31.4 Å². The van der Waals surface area contributed by atoms with E-state index in [1.807, 2.05) is 0 Å². The molecule has 5 heteroatoms. The second kappa shape index (κ2) is 9.23. The Morgan fingerprint density at radius 3 is 2.52 bits per heavy atom. The number of ether oxygens (including phenoxy) is 1. The van der Waals surface area contributed by atoms with Crippen molar-refractivity contribution in [3.8, 4) is 0 Å². The highest BCUT2D eigenvalue weighted by molar-refractivity contribution is 6.00. The molecule has 21 heavy (non-hydrogen) atoms. The first-order valence-corrected chi connectivity index (χ1v) is 7.18. The second-order valence-corrected chi connectivity index (χ2v) is 4.85. The van der Waals surface area contributed by atoms with E-state index in [2.05, 4.69) is 17.0 Å². The number of benzene rings is 1. The van der Waals surface area contributed by atoms with Crippen LogP contribution < -0.4 is 5.32 Å². The fraction of sp³-hybridized carbons (Fsp3) is 0.500. The van der Waals surface area contributed by atoms with E-state index in [-0.39, 0.29) is 24.0 Å². The fourth-order valence-corrected chi connectivity index (χ4v) is 1.96. The van der Waals surface area contributed by atoms with E-state index in [1.54, 1.807) is 0 Å². The number of hydrogen-bond acceptors (Lipinski definition) is 4. The fourth-order valence-electron chi connectivity index (χ4n) is 1.96. The number of carbonyl (C=O) groups excluding carboxylic acids is 2. The summed E-state index contributed by atoms with van der Waals surface area (Å²) >= 11 is 0. The average Bonchev–Trinajstić information content (AvgIpc) is 2.50. The van der Waals surface area contributed by atoms with Crippen molar-refractivity contribution in [1.29, 1.82) is 0 Å². The van der Waals surface area contributed by atoms with E-state index in [9.17, 15) is 14.0 Å². The van der Waals surface area contributed by atoms with Gasteiger partial charge in [-0.25, -0.2) is 4.39 Å². The number of carbonyl (C=O) groups is 2. The summed E-state index contributed by atoms with van der Waals surface area (Å²) in [4.78, 5) is 23.7. The standard InChI is InChI=1S/C16H22FNO3/c1-3-4-11-18-14(9-10-15(19)21-2)16(20)12-5-7-13(17)8-6-12/h5-8,14,18H,3-4,9-11H2,1-2H3. The van der Waals surface area contributed by atoms with Gasteiger partial charge in [0.15, 0.2) is 5.78 Å². The van der Waals surface area contributed by atoms with Crippen LogP contribution >= 0.6 is 0 Å². The van der Waals surface area contributed by atoms with Gasteiger partial charge in [0.2, 0.25) is 0 Å². The number of halogens is 1. The molecule has 1 atom stereocenters. The van der Waals surface area contributed by atoms with E-state index in [4.69, 9.17) is 0 Å². The Hall–Kier alpha value is -1.75. The van der Waals surface area contributed by atoms with Gasteiger partial charge < -0.3 is 10.1 Å². The number of Topliss-reactive ketones (excluding diaryl/α,β-unsaturated/α-hetero) is 1. The van der Waals surface area contributed by atoms with Crippen molar-refractivity contribution < 1.29 is 18.7 Å². The van der Waals surface area contributed by atoms with E-state index < -0.39 is 6.04 Å². The van der Waals surface area contributed by atoms with Crippen LogP contribution in [0.4, 0.5) is 4.39 Å². The summed E-state index contributed by atoms with van der Waals surface area (Å²) in [5.74, 6) is -0.851. The van der Waals surface area contributed by atoms with Crippen molar-refractivity contribution in [2.45, 2.75) is 38.6 Å². The van der Waals surface area contributed by atoms with Gasteiger partial charge in [-0.15, -0.1) is 0 Å². The average molecular weight is 295 g/mol. The summed E-state index contributed by atoms with van der Waals surface area (Å²) < 4.78 is 17.5. The Morgan fingerprint density at radius 2 is 1.95 bits per heavy atom. The highest BCUT2D eigenvalue weighted by Crippen LogP contribution is 2.10. The zero-order valence-corrected chi connectivity index (χ0v) is 12.5. The third-order valence-electron chi connectivity index (χ3n) is 3.23. The molecule has 0 amide bonds. The summed E-state index contributed by atoms with van der Waals surface area (Å²) in [6.45, 7) is 2.77. The lowest BCUT2D eigenvalue weighted by atomic mass is 10.00. The molecule has 0 radical (unpaired) electrons. The molecular formula is C16H22FNO3. The molecule has 1 N–H and O–H groups in total. The van der Waals surface area contributed by atoms with Crippen molar-refractivity contribution in [1.82, 2.24) is 5.32 Å². The number of methoxy groups -OCH3 is 1. The zero-order chi connectivity index (χ0) is 15.7. The van der Waals surface area contributed by atoms with Gasteiger partial charge in [0, 0.05) is 12.0 Å². The zero-order valence-electron chi connectivity index (χ0n) is 12.5. The van der Waals surface area contributed by atoms with Gasteiger partial charge >= 0.3 is 5.97 Å². The van der Waals surface area contributed by atoms with Crippen molar-refractivity contribution in [3.05, 3.63) is 35.6 Å². The third kappa shape index (κ3) is 6.04. The number of rotatable bonds is 9. The smallest absolute Gasteiger partial charge is 0.305 e. The molecule has 0 bridgehead atoms. The molecule has 4 nitrogen and oxygen atoms in total.